The molecule has 1 unspecified atom stereocenters. The number of carbonyl (C=O) groups is 1. The molecule has 0 saturated heterocycles. The molecule has 112 valence electrons. The van der Waals surface area contributed by atoms with E-state index in [9.17, 15) is 4.79 Å². The van der Waals surface area contributed by atoms with Crippen molar-refractivity contribution in [1.82, 2.24) is 0 Å². The number of hydrogen-bond acceptors (Lipinski definition) is 4. The number of esters is 1. The van der Waals surface area contributed by atoms with Crippen LogP contribution in [0.1, 0.15) is 41.5 Å². The summed E-state index contributed by atoms with van der Waals surface area (Å²) >= 11 is 7.51. The Hall–Kier alpha value is -1.52. The predicted octanol–water partition coefficient (Wildman–Crippen LogP) is 5.14. The van der Waals surface area contributed by atoms with Crippen molar-refractivity contribution in [1.29, 1.82) is 0 Å². The molecule has 1 aromatic heterocycles. The molecule has 1 atom stereocenters. The Morgan fingerprint density at radius 1 is 1.29 bits per heavy atom. The number of halogens is 1. The van der Waals surface area contributed by atoms with Crippen molar-refractivity contribution in [3.05, 3.63) is 51.2 Å². The molecule has 3 nitrogen and oxygen atoms in total. The summed E-state index contributed by atoms with van der Waals surface area (Å²) in [5.41, 5.74) is 1.53. The minimum atomic E-state index is -0.276. The van der Waals surface area contributed by atoms with Crippen molar-refractivity contribution in [2.45, 2.75) is 26.3 Å². The van der Waals surface area contributed by atoms with Crippen molar-refractivity contribution in [3.63, 3.8) is 0 Å². The molecule has 1 N–H and O–H groups in total. The summed E-state index contributed by atoms with van der Waals surface area (Å²) in [5.74, 6) is -0.276. The van der Waals surface area contributed by atoms with Crippen molar-refractivity contribution in [3.8, 4) is 0 Å². The van der Waals surface area contributed by atoms with Gasteiger partial charge in [0.1, 0.15) is 0 Å². The number of ether oxygens (including phenoxy) is 1. The van der Waals surface area contributed by atoms with Crippen LogP contribution < -0.4 is 5.32 Å². The Labute approximate surface area is 133 Å². The molecule has 0 amide bonds. The molecule has 0 aliphatic carbocycles. The second kappa shape index (κ2) is 7.48. The van der Waals surface area contributed by atoms with Gasteiger partial charge in [-0.2, -0.15) is 0 Å². The fraction of sp³-hybridized carbons (Fsp3) is 0.312. The van der Waals surface area contributed by atoms with Crippen LogP contribution in [0.3, 0.4) is 0 Å². The molecular formula is C16H18ClNO2S. The Balaban J connectivity index is 1.97. The molecule has 0 aliphatic rings. The van der Waals surface area contributed by atoms with Gasteiger partial charge in [-0.1, -0.05) is 18.5 Å². The van der Waals surface area contributed by atoms with E-state index < -0.39 is 0 Å². The molecule has 21 heavy (non-hydrogen) atoms. The SMILES string of the molecule is CCCOC(=O)c1ccc(NC(C)c2ccc(Cl)s2)cc1. The topological polar surface area (TPSA) is 38.3 Å². The largest absolute Gasteiger partial charge is 0.462 e. The van der Waals surface area contributed by atoms with Gasteiger partial charge in [0.15, 0.2) is 0 Å². The molecule has 0 radical (unpaired) electrons. The first-order chi connectivity index (χ1) is 10.1. The van der Waals surface area contributed by atoms with Crippen molar-refractivity contribution in [2.24, 2.45) is 0 Å². The van der Waals surface area contributed by atoms with Gasteiger partial charge in [0.25, 0.3) is 0 Å². The van der Waals surface area contributed by atoms with E-state index in [4.69, 9.17) is 16.3 Å². The molecule has 2 rings (SSSR count). The van der Waals surface area contributed by atoms with Crippen LogP contribution in [0.25, 0.3) is 0 Å². The lowest BCUT2D eigenvalue weighted by atomic mass is 10.2. The second-order valence-electron chi connectivity index (χ2n) is 4.72. The lowest BCUT2D eigenvalue weighted by molar-refractivity contribution is 0.0505. The van der Waals surface area contributed by atoms with E-state index in [0.717, 1.165) is 16.4 Å². The fourth-order valence-electron chi connectivity index (χ4n) is 1.86. The van der Waals surface area contributed by atoms with Crippen LogP contribution in [0.15, 0.2) is 36.4 Å². The highest BCUT2D eigenvalue weighted by atomic mass is 35.5. The van der Waals surface area contributed by atoms with Crippen LogP contribution in [0.5, 0.6) is 0 Å². The number of rotatable bonds is 6. The number of hydrogen-bond donors (Lipinski definition) is 1. The molecule has 1 heterocycles. The normalized spacial score (nSPS) is 12.0. The van der Waals surface area contributed by atoms with Gasteiger partial charge >= 0.3 is 5.97 Å². The summed E-state index contributed by atoms with van der Waals surface area (Å²) in [4.78, 5) is 12.9. The zero-order valence-electron chi connectivity index (χ0n) is 12.1. The molecular weight excluding hydrogens is 306 g/mol. The van der Waals surface area contributed by atoms with Crippen LogP contribution in [0, 0.1) is 0 Å². The summed E-state index contributed by atoms with van der Waals surface area (Å²) < 4.78 is 5.88. The minimum absolute atomic E-state index is 0.167. The van der Waals surface area contributed by atoms with Crippen LogP contribution in [0.4, 0.5) is 5.69 Å². The maximum absolute atomic E-state index is 11.7. The van der Waals surface area contributed by atoms with Crippen molar-refractivity contribution < 1.29 is 9.53 Å². The summed E-state index contributed by atoms with van der Waals surface area (Å²) in [6.07, 6.45) is 0.826. The minimum Gasteiger partial charge on any atom is -0.462 e. The molecule has 1 aromatic carbocycles. The van der Waals surface area contributed by atoms with Crippen LogP contribution >= 0.6 is 22.9 Å². The third-order valence-corrected chi connectivity index (χ3v) is 4.38. The second-order valence-corrected chi connectivity index (χ2v) is 6.47. The highest BCUT2D eigenvalue weighted by molar-refractivity contribution is 7.16. The van der Waals surface area contributed by atoms with E-state index in [2.05, 4.69) is 12.2 Å². The zero-order valence-corrected chi connectivity index (χ0v) is 13.6. The molecule has 0 spiro atoms. The molecule has 5 heteroatoms. The first kappa shape index (κ1) is 15.9. The van der Waals surface area contributed by atoms with Gasteiger partial charge in [0, 0.05) is 10.6 Å². The number of benzene rings is 1. The maximum Gasteiger partial charge on any atom is 0.338 e. The summed E-state index contributed by atoms with van der Waals surface area (Å²) in [7, 11) is 0. The Morgan fingerprint density at radius 3 is 2.57 bits per heavy atom. The molecule has 0 aliphatic heterocycles. The summed E-state index contributed by atoms with van der Waals surface area (Å²) in [5, 5.41) is 3.38. The van der Waals surface area contributed by atoms with E-state index in [0.29, 0.717) is 12.2 Å². The molecule has 0 fully saturated rings. The van der Waals surface area contributed by atoms with E-state index in [-0.39, 0.29) is 12.0 Å². The van der Waals surface area contributed by atoms with Gasteiger partial charge in [0.2, 0.25) is 0 Å². The Bertz CT molecular complexity index is 595. The first-order valence-corrected chi connectivity index (χ1v) is 8.08. The molecule has 0 bridgehead atoms. The number of thiophene rings is 1. The van der Waals surface area contributed by atoms with Gasteiger partial charge in [0.05, 0.1) is 22.5 Å². The first-order valence-electron chi connectivity index (χ1n) is 6.89. The van der Waals surface area contributed by atoms with Crippen LogP contribution in [-0.2, 0) is 4.74 Å². The predicted molar refractivity (Wildman–Crippen MR) is 88.4 cm³/mol. The molecule has 0 saturated carbocycles. The fourth-order valence-corrected chi connectivity index (χ4v) is 2.93. The van der Waals surface area contributed by atoms with E-state index in [1.165, 1.54) is 4.88 Å². The average molecular weight is 324 g/mol. The highest BCUT2D eigenvalue weighted by Gasteiger charge is 2.10. The third kappa shape index (κ3) is 4.48. The van der Waals surface area contributed by atoms with Crippen LogP contribution in [0.2, 0.25) is 4.34 Å². The van der Waals surface area contributed by atoms with Gasteiger partial charge in [-0.15, -0.1) is 11.3 Å². The smallest absolute Gasteiger partial charge is 0.338 e. The Kier molecular flexibility index (Phi) is 5.65. The average Bonchev–Trinajstić information content (AvgIpc) is 2.92. The lowest BCUT2D eigenvalue weighted by Gasteiger charge is -2.14. The number of anilines is 1. The lowest BCUT2D eigenvalue weighted by Crippen LogP contribution is -2.07. The summed E-state index contributed by atoms with van der Waals surface area (Å²) in [6.45, 7) is 4.50. The van der Waals surface area contributed by atoms with Gasteiger partial charge < -0.3 is 10.1 Å². The number of carbonyl (C=O) groups excluding carboxylic acids is 1. The third-order valence-electron chi connectivity index (χ3n) is 2.96. The highest BCUT2D eigenvalue weighted by Crippen LogP contribution is 2.29. The number of nitrogens with one attached hydrogen (secondary N) is 1. The quantitative estimate of drug-likeness (QED) is 0.748. The zero-order chi connectivity index (χ0) is 15.2. The molecule has 2 aromatic rings. The van der Waals surface area contributed by atoms with Crippen LogP contribution in [-0.4, -0.2) is 12.6 Å². The standard InChI is InChI=1S/C16H18ClNO2S/c1-3-10-20-16(19)12-4-6-13(7-5-12)18-11(2)14-8-9-15(17)21-14/h4-9,11,18H,3,10H2,1-2H3. The van der Waals surface area contributed by atoms with Gasteiger partial charge in [-0.25, -0.2) is 4.79 Å². The van der Waals surface area contributed by atoms with Gasteiger partial charge in [-0.05, 0) is 49.7 Å². The Morgan fingerprint density at radius 2 is 2.00 bits per heavy atom. The van der Waals surface area contributed by atoms with E-state index in [1.807, 2.05) is 31.2 Å². The van der Waals surface area contributed by atoms with Gasteiger partial charge in [-0.3, -0.25) is 0 Å². The maximum atomic E-state index is 11.7. The van der Waals surface area contributed by atoms with E-state index in [1.54, 1.807) is 23.5 Å². The van der Waals surface area contributed by atoms with Crippen molar-refractivity contribution in [2.75, 3.05) is 11.9 Å². The van der Waals surface area contributed by atoms with Crippen molar-refractivity contribution >= 4 is 34.6 Å². The summed E-state index contributed by atoms with van der Waals surface area (Å²) in [6, 6.07) is 11.4. The monoisotopic (exact) mass is 323 g/mol. The van der Waals surface area contributed by atoms with E-state index >= 15 is 0 Å².